The highest BCUT2D eigenvalue weighted by Gasteiger charge is 2.27. The second-order valence-electron chi connectivity index (χ2n) is 6.11. The van der Waals surface area contributed by atoms with E-state index in [1.54, 1.807) is 0 Å². The lowest BCUT2D eigenvalue weighted by molar-refractivity contribution is 0.576. The van der Waals surface area contributed by atoms with Crippen molar-refractivity contribution < 1.29 is 0 Å². The van der Waals surface area contributed by atoms with Gasteiger partial charge in [0.1, 0.15) is 5.82 Å². The SMILES string of the molecule is Cc1c(C2CCCc3cccnc32)nc(C(C)C)[nH]c1=O. The molecule has 1 N–H and O–H groups in total. The zero-order valence-electron chi connectivity index (χ0n) is 12.8. The fourth-order valence-electron chi connectivity index (χ4n) is 3.06. The molecule has 4 nitrogen and oxygen atoms in total. The summed E-state index contributed by atoms with van der Waals surface area (Å²) in [6.07, 6.45) is 5.04. The molecule has 0 saturated carbocycles. The molecule has 0 radical (unpaired) electrons. The third-order valence-electron chi connectivity index (χ3n) is 4.28. The molecule has 0 fully saturated rings. The van der Waals surface area contributed by atoms with Crippen LogP contribution in [0.4, 0.5) is 0 Å². The van der Waals surface area contributed by atoms with E-state index in [0.29, 0.717) is 0 Å². The molecule has 4 heteroatoms. The van der Waals surface area contributed by atoms with Crippen LogP contribution >= 0.6 is 0 Å². The quantitative estimate of drug-likeness (QED) is 0.921. The third-order valence-corrected chi connectivity index (χ3v) is 4.28. The monoisotopic (exact) mass is 283 g/mol. The normalized spacial score (nSPS) is 17.8. The Morgan fingerprint density at radius 3 is 2.90 bits per heavy atom. The molecule has 3 rings (SSSR count). The maximum absolute atomic E-state index is 12.2. The van der Waals surface area contributed by atoms with Gasteiger partial charge in [-0.15, -0.1) is 0 Å². The Morgan fingerprint density at radius 2 is 2.14 bits per heavy atom. The van der Waals surface area contributed by atoms with Gasteiger partial charge in [0.2, 0.25) is 0 Å². The summed E-state index contributed by atoms with van der Waals surface area (Å²) in [4.78, 5) is 24.4. The summed E-state index contributed by atoms with van der Waals surface area (Å²) < 4.78 is 0. The molecule has 0 bridgehead atoms. The van der Waals surface area contributed by atoms with E-state index in [1.165, 1.54) is 5.56 Å². The number of nitrogens with zero attached hydrogens (tertiary/aromatic N) is 2. The predicted molar refractivity (Wildman–Crippen MR) is 82.7 cm³/mol. The van der Waals surface area contributed by atoms with Crippen LogP contribution < -0.4 is 5.56 Å². The summed E-state index contributed by atoms with van der Waals surface area (Å²) in [5.74, 6) is 1.13. The van der Waals surface area contributed by atoms with Crippen molar-refractivity contribution in [3.8, 4) is 0 Å². The van der Waals surface area contributed by atoms with Gasteiger partial charge in [0.15, 0.2) is 0 Å². The molecule has 0 saturated heterocycles. The molecule has 1 atom stereocenters. The highest BCUT2D eigenvalue weighted by atomic mass is 16.1. The fraction of sp³-hybridized carbons (Fsp3) is 0.471. The van der Waals surface area contributed by atoms with Crippen LogP contribution in [0, 0.1) is 6.92 Å². The van der Waals surface area contributed by atoms with Crippen molar-refractivity contribution in [3.63, 3.8) is 0 Å². The topological polar surface area (TPSA) is 58.6 Å². The van der Waals surface area contributed by atoms with Gasteiger partial charge < -0.3 is 4.98 Å². The van der Waals surface area contributed by atoms with Gasteiger partial charge in [-0.3, -0.25) is 9.78 Å². The molecular weight excluding hydrogens is 262 g/mol. The van der Waals surface area contributed by atoms with Crippen molar-refractivity contribution in [2.75, 3.05) is 0 Å². The number of aryl methyl sites for hydroxylation is 1. The molecule has 1 aliphatic carbocycles. The summed E-state index contributed by atoms with van der Waals surface area (Å²) in [5, 5.41) is 0. The molecule has 21 heavy (non-hydrogen) atoms. The fourth-order valence-corrected chi connectivity index (χ4v) is 3.06. The van der Waals surface area contributed by atoms with Crippen LogP contribution in [0.5, 0.6) is 0 Å². The van der Waals surface area contributed by atoms with Crippen LogP contribution in [0.1, 0.15) is 66.9 Å². The van der Waals surface area contributed by atoms with Crippen LogP contribution in [0.15, 0.2) is 23.1 Å². The van der Waals surface area contributed by atoms with E-state index in [9.17, 15) is 4.79 Å². The molecule has 0 spiro atoms. The van der Waals surface area contributed by atoms with Gasteiger partial charge in [0.25, 0.3) is 5.56 Å². The summed E-state index contributed by atoms with van der Waals surface area (Å²) >= 11 is 0. The van der Waals surface area contributed by atoms with Crippen molar-refractivity contribution >= 4 is 0 Å². The molecule has 1 unspecified atom stereocenters. The summed E-state index contributed by atoms with van der Waals surface area (Å²) in [5.41, 5.74) is 4.00. The Bertz CT molecular complexity index is 718. The van der Waals surface area contributed by atoms with Crippen molar-refractivity contribution in [3.05, 3.63) is 57.0 Å². The third kappa shape index (κ3) is 2.50. The van der Waals surface area contributed by atoms with Crippen LogP contribution in [0.3, 0.4) is 0 Å². The summed E-state index contributed by atoms with van der Waals surface area (Å²) in [6, 6.07) is 4.12. The zero-order valence-corrected chi connectivity index (χ0v) is 12.8. The Kier molecular flexibility index (Phi) is 3.62. The van der Waals surface area contributed by atoms with Gasteiger partial charge in [-0.1, -0.05) is 19.9 Å². The number of H-pyrrole nitrogens is 1. The molecular formula is C17H21N3O. The van der Waals surface area contributed by atoms with E-state index in [0.717, 1.165) is 42.0 Å². The number of fused-ring (bicyclic) bond motifs is 1. The standard InChI is InChI=1S/C17H21N3O/c1-10(2)16-19-14(11(3)17(21)20-16)13-8-4-6-12-7-5-9-18-15(12)13/h5,7,9-10,13H,4,6,8H2,1-3H3,(H,19,20,21). The predicted octanol–water partition coefficient (Wildman–Crippen LogP) is 3.06. The van der Waals surface area contributed by atoms with E-state index < -0.39 is 0 Å². The van der Waals surface area contributed by atoms with Crippen molar-refractivity contribution in [1.29, 1.82) is 0 Å². The smallest absolute Gasteiger partial charge is 0.254 e. The van der Waals surface area contributed by atoms with Crippen LogP contribution in [-0.2, 0) is 6.42 Å². The second-order valence-corrected chi connectivity index (χ2v) is 6.11. The highest BCUT2D eigenvalue weighted by molar-refractivity contribution is 5.35. The second kappa shape index (κ2) is 5.43. The van der Waals surface area contributed by atoms with Gasteiger partial charge >= 0.3 is 0 Å². The molecule has 2 aromatic rings. The molecule has 2 heterocycles. The minimum Gasteiger partial charge on any atom is -0.310 e. The molecule has 1 aliphatic rings. The van der Waals surface area contributed by atoms with E-state index in [2.05, 4.69) is 16.0 Å². The highest BCUT2D eigenvalue weighted by Crippen LogP contribution is 2.35. The number of hydrogen-bond acceptors (Lipinski definition) is 3. The number of aromatic nitrogens is 3. The van der Waals surface area contributed by atoms with E-state index in [-0.39, 0.29) is 17.4 Å². The zero-order chi connectivity index (χ0) is 15.0. The average molecular weight is 283 g/mol. The van der Waals surface area contributed by atoms with E-state index >= 15 is 0 Å². The lowest BCUT2D eigenvalue weighted by atomic mass is 9.83. The van der Waals surface area contributed by atoms with Gasteiger partial charge in [-0.2, -0.15) is 0 Å². The molecule has 2 aromatic heterocycles. The Balaban J connectivity index is 2.16. The van der Waals surface area contributed by atoms with Gasteiger partial charge in [-0.05, 0) is 37.8 Å². The van der Waals surface area contributed by atoms with Crippen LogP contribution in [0.2, 0.25) is 0 Å². The Morgan fingerprint density at radius 1 is 1.33 bits per heavy atom. The molecule has 0 aliphatic heterocycles. The maximum Gasteiger partial charge on any atom is 0.254 e. The number of rotatable bonds is 2. The first kappa shape index (κ1) is 14.0. The van der Waals surface area contributed by atoms with Crippen molar-refractivity contribution in [2.45, 2.75) is 51.9 Å². The minimum absolute atomic E-state index is 0.0215. The van der Waals surface area contributed by atoms with Gasteiger partial charge in [0.05, 0.1) is 11.4 Å². The minimum atomic E-state index is -0.0215. The Labute approximate surface area is 124 Å². The molecule has 0 aromatic carbocycles. The number of pyridine rings is 1. The number of nitrogens with one attached hydrogen (secondary N) is 1. The number of aromatic amines is 1. The van der Waals surface area contributed by atoms with Gasteiger partial charge in [0, 0.05) is 23.6 Å². The lowest BCUT2D eigenvalue weighted by Gasteiger charge is -2.25. The molecule has 0 amide bonds. The maximum atomic E-state index is 12.2. The largest absolute Gasteiger partial charge is 0.310 e. The first-order valence-corrected chi connectivity index (χ1v) is 7.62. The molecule has 110 valence electrons. The first-order valence-electron chi connectivity index (χ1n) is 7.62. The lowest BCUT2D eigenvalue weighted by Crippen LogP contribution is -2.23. The van der Waals surface area contributed by atoms with E-state index in [4.69, 9.17) is 4.98 Å². The summed E-state index contributed by atoms with van der Waals surface area (Å²) in [7, 11) is 0. The number of hydrogen-bond donors (Lipinski definition) is 1. The van der Waals surface area contributed by atoms with Gasteiger partial charge in [-0.25, -0.2) is 4.98 Å². The van der Waals surface area contributed by atoms with Crippen molar-refractivity contribution in [1.82, 2.24) is 15.0 Å². The van der Waals surface area contributed by atoms with Crippen LogP contribution in [-0.4, -0.2) is 15.0 Å². The average Bonchev–Trinajstić information content (AvgIpc) is 2.49. The van der Waals surface area contributed by atoms with Crippen LogP contribution in [0.25, 0.3) is 0 Å². The Hall–Kier alpha value is -1.97. The summed E-state index contributed by atoms with van der Waals surface area (Å²) in [6.45, 7) is 5.96. The van der Waals surface area contributed by atoms with Crippen molar-refractivity contribution in [2.24, 2.45) is 0 Å². The van der Waals surface area contributed by atoms with E-state index in [1.807, 2.05) is 33.0 Å². The first-order chi connectivity index (χ1) is 10.1.